The quantitative estimate of drug-likeness (QED) is 0.621. The highest BCUT2D eigenvalue weighted by molar-refractivity contribution is 5.31. The van der Waals surface area contributed by atoms with Crippen molar-refractivity contribution in [3.63, 3.8) is 0 Å². The third kappa shape index (κ3) is 2.41. The van der Waals surface area contributed by atoms with Gasteiger partial charge in [0.1, 0.15) is 5.82 Å². The number of aryl methyl sites for hydroxylation is 2. The standard InChI is InChI=1S/C12H15F/c1-4-5-6-11-7-9(2)10(3)12(13)8-11/h4,7-8H,1,5-6H2,2-3H3. The summed E-state index contributed by atoms with van der Waals surface area (Å²) in [7, 11) is 0. The topological polar surface area (TPSA) is 0 Å². The first-order valence-electron chi connectivity index (χ1n) is 4.51. The molecule has 1 rings (SSSR count). The van der Waals surface area contributed by atoms with E-state index in [0.29, 0.717) is 0 Å². The number of hydrogen-bond acceptors (Lipinski definition) is 0. The van der Waals surface area contributed by atoms with E-state index in [9.17, 15) is 4.39 Å². The second kappa shape index (κ2) is 4.22. The van der Waals surface area contributed by atoms with E-state index in [1.54, 1.807) is 6.07 Å². The Hall–Kier alpha value is -1.11. The Balaban J connectivity index is 2.92. The second-order valence-electron chi connectivity index (χ2n) is 3.35. The van der Waals surface area contributed by atoms with Crippen molar-refractivity contribution in [1.29, 1.82) is 0 Å². The van der Waals surface area contributed by atoms with Gasteiger partial charge in [-0.2, -0.15) is 0 Å². The van der Waals surface area contributed by atoms with Crippen LogP contribution in [-0.2, 0) is 6.42 Å². The van der Waals surface area contributed by atoms with Crippen molar-refractivity contribution in [2.75, 3.05) is 0 Å². The number of rotatable bonds is 3. The Morgan fingerprint density at radius 1 is 1.38 bits per heavy atom. The van der Waals surface area contributed by atoms with Gasteiger partial charge in [-0.1, -0.05) is 12.1 Å². The fraction of sp³-hybridized carbons (Fsp3) is 0.333. The molecule has 1 aromatic rings. The van der Waals surface area contributed by atoms with Crippen molar-refractivity contribution in [1.82, 2.24) is 0 Å². The molecule has 0 aliphatic carbocycles. The van der Waals surface area contributed by atoms with Gasteiger partial charge >= 0.3 is 0 Å². The minimum Gasteiger partial charge on any atom is -0.207 e. The van der Waals surface area contributed by atoms with Crippen molar-refractivity contribution in [2.45, 2.75) is 26.7 Å². The Kier molecular flexibility index (Phi) is 3.24. The first-order chi connectivity index (χ1) is 6.15. The highest BCUT2D eigenvalue weighted by Crippen LogP contribution is 2.15. The molecule has 0 amide bonds. The molecule has 0 aromatic heterocycles. The number of benzene rings is 1. The summed E-state index contributed by atoms with van der Waals surface area (Å²) < 4.78 is 13.2. The highest BCUT2D eigenvalue weighted by Gasteiger charge is 2.02. The van der Waals surface area contributed by atoms with Crippen molar-refractivity contribution in [3.8, 4) is 0 Å². The molecule has 0 N–H and O–H groups in total. The van der Waals surface area contributed by atoms with Gasteiger partial charge in [0.05, 0.1) is 0 Å². The average molecular weight is 178 g/mol. The minimum atomic E-state index is -0.0981. The van der Waals surface area contributed by atoms with Crippen LogP contribution in [0.25, 0.3) is 0 Å². The van der Waals surface area contributed by atoms with E-state index < -0.39 is 0 Å². The lowest BCUT2D eigenvalue weighted by molar-refractivity contribution is 0.614. The van der Waals surface area contributed by atoms with E-state index in [0.717, 1.165) is 29.5 Å². The Labute approximate surface area is 79.1 Å². The zero-order valence-electron chi connectivity index (χ0n) is 8.23. The van der Waals surface area contributed by atoms with Crippen LogP contribution in [0.4, 0.5) is 4.39 Å². The van der Waals surface area contributed by atoms with Gasteiger partial charge in [-0.05, 0) is 49.4 Å². The fourth-order valence-electron chi connectivity index (χ4n) is 1.30. The predicted octanol–water partition coefficient (Wildman–Crippen LogP) is 3.56. The normalized spacial score (nSPS) is 10.1. The Morgan fingerprint density at radius 2 is 2.08 bits per heavy atom. The lowest BCUT2D eigenvalue weighted by Crippen LogP contribution is -1.92. The average Bonchev–Trinajstić information content (AvgIpc) is 2.10. The number of hydrogen-bond donors (Lipinski definition) is 0. The van der Waals surface area contributed by atoms with E-state index in [1.165, 1.54) is 0 Å². The van der Waals surface area contributed by atoms with Crippen LogP contribution in [0.3, 0.4) is 0 Å². The summed E-state index contributed by atoms with van der Waals surface area (Å²) in [6.07, 6.45) is 3.64. The molecule has 0 aliphatic rings. The summed E-state index contributed by atoms with van der Waals surface area (Å²) >= 11 is 0. The van der Waals surface area contributed by atoms with Crippen molar-refractivity contribution < 1.29 is 4.39 Å². The van der Waals surface area contributed by atoms with Gasteiger partial charge in [-0.15, -0.1) is 6.58 Å². The van der Waals surface area contributed by atoms with Gasteiger partial charge in [0, 0.05) is 0 Å². The molecule has 0 saturated heterocycles. The van der Waals surface area contributed by atoms with E-state index in [1.807, 2.05) is 26.0 Å². The maximum Gasteiger partial charge on any atom is 0.126 e. The largest absolute Gasteiger partial charge is 0.207 e. The maximum absolute atomic E-state index is 13.2. The molecule has 1 heteroatoms. The van der Waals surface area contributed by atoms with Crippen molar-refractivity contribution >= 4 is 0 Å². The van der Waals surface area contributed by atoms with Crippen LogP contribution in [0.2, 0.25) is 0 Å². The van der Waals surface area contributed by atoms with Crippen LogP contribution in [0.1, 0.15) is 23.1 Å². The van der Waals surface area contributed by atoms with Gasteiger partial charge in [0.2, 0.25) is 0 Å². The molecule has 0 heterocycles. The van der Waals surface area contributed by atoms with Crippen molar-refractivity contribution in [2.24, 2.45) is 0 Å². The summed E-state index contributed by atoms with van der Waals surface area (Å²) in [5.41, 5.74) is 2.84. The van der Waals surface area contributed by atoms with E-state index in [2.05, 4.69) is 6.58 Å². The fourth-order valence-corrected chi connectivity index (χ4v) is 1.30. The van der Waals surface area contributed by atoms with Gasteiger partial charge in [-0.25, -0.2) is 4.39 Å². The van der Waals surface area contributed by atoms with Crippen LogP contribution >= 0.6 is 0 Å². The molecule has 0 fully saturated rings. The van der Waals surface area contributed by atoms with Crippen LogP contribution in [0.15, 0.2) is 24.8 Å². The van der Waals surface area contributed by atoms with Gasteiger partial charge < -0.3 is 0 Å². The molecule has 13 heavy (non-hydrogen) atoms. The predicted molar refractivity (Wildman–Crippen MR) is 54.4 cm³/mol. The molecule has 0 spiro atoms. The third-order valence-corrected chi connectivity index (χ3v) is 2.30. The number of halogens is 1. The van der Waals surface area contributed by atoms with E-state index >= 15 is 0 Å². The first-order valence-corrected chi connectivity index (χ1v) is 4.51. The second-order valence-corrected chi connectivity index (χ2v) is 3.35. The van der Waals surface area contributed by atoms with Gasteiger partial charge in [0.25, 0.3) is 0 Å². The molecule has 0 saturated carbocycles. The summed E-state index contributed by atoms with van der Waals surface area (Å²) in [4.78, 5) is 0. The molecule has 70 valence electrons. The van der Waals surface area contributed by atoms with Gasteiger partial charge in [0.15, 0.2) is 0 Å². The summed E-state index contributed by atoms with van der Waals surface area (Å²) in [6.45, 7) is 7.39. The monoisotopic (exact) mass is 178 g/mol. The van der Waals surface area contributed by atoms with E-state index in [4.69, 9.17) is 0 Å². The molecular weight excluding hydrogens is 163 g/mol. The minimum absolute atomic E-state index is 0.0981. The van der Waals surface area contributed by atoms with Crippen molar-refractivity contribution in [3.05, 3.63) is 47.3 Å². The molecule has 0 bridgehead atoms. The van der Waals surface area contributed by atoms with Crippen LogP contribution in [0, 0.1) is 19.7 Å². The molecule has 0 aliphatic heterocycles. The summed E-state index contributed by atoms with van der Waals surface area (Å²) in [5, 5.41) is 0. The first kappa shape index (κ1) is 9.97. The molecule has 0 radical (unpaired) electrons. The lowest BCUT2D eigenvalue weighted by Gasteiger charge is -2.05. The van der Waals surface area contributed by atoms with Crippen LogP contribution in [0.5, 0.6) is 0 Å². The zero-order chi connectivity index (χ0) is 9.84. The van der Waals surface area contributed by atoms with Gasteiger partial charge in [-0.3, -0.25) is 0 Å². The molecule has 1 aromatic carbocycles. The third-order valence-electron chi connectivity index (χ3n) is 2.30. The van der Waals surface area contributed by atoms with Crippen LogP contribution in [-0.4, -0.2) is 0 Å². The summed E-state index contributed by atoms with van der Waals surface area (Å²) in [6, 6.07) is 3.66. The lowest BCUT2D eigenvalue weighted by atomic mass is 10.0. The Morgan fingerprint density at radius 3 is 2.62 bits per heavy atom. The highest BCUT2D eigenvalue weighted by atomic mass is 19.1. The molecule has 0 unspecified atom stereocenters. The zero-order valence-corrected chi connectivity index (χ0v) is 8.23. The maximum atomic E-state index is 13.2. The number of allylic oxidation sites excluding steroid dienone is 1. The SMILES string of the molecule is C=CCCc1cc(C)c(C)c(F)c1. The molecule has 0 nitrogen and oxygen atoms in total. The van der Waals surface area contributed by atoms with E-state index in [-0.39, 0.29) is 5.82 Å². The summed E-state index contributed by atoms with van der Waals surface area (Å²) in [5.74, 6) is -0.0981. The molecular formula is C12H15F. The Bertz CT molecular complexity index is 290. The van der Waals surface area contributed by atoms with Crippen LogP contribution < -0.4 is 0 Å². The molecule has 0 atom stereocenters. The smallest absolute Gasteiger partial charge is 0.126 e.